The summed E-state index contributed by atoms with van der Waals surface area (Å²) in [4.78, 5) is 27.9. The van der Waals surface area contributed by atoms with Gasteiger partial charge >= 0.3 is 5.69 Å². The van der Waals surface area contributed by atoms with Crippen molar-refractivity contribution in [2.75, 3.05) is 18.5 Å². The highest BCUT2D eigenvalue weighted by atomic mass is 16.7. The number of ether oxygens (including phenoxy) is 2. The fourth-order valence-corrected chi connectivity index (χ4v) is 2.28. The number of nitrogens with one attached hydrogen (secondary N) is 1. The van der Waals surface area contributed by atoms with Gasteiger partial charge in [0.1, 0.15) is 5.82 Å². The Kier molecular flexibility index (Phi) is 6.26. The number of hydrogen-bond donors (Lipinski definition) is 2. The van der Waals surface area contributed by atoms with Gasteiger partial charge in [0.2, 0.25) is 5.91 Å². The monoisotopic (exact) mass is 325 g/mol. The van der Waals surface area contributed by atoms with Crippen molar-refractivity contribution in [3.05, 3.63) is 22.7 Å². The van der Waals surface area contributed by atoms with Crippen LogP contribution in [0.5, 0.6) is 0 Å². The fraction of sp³-hybridized carbons (Fsp3) is 0.667. The Morgan fingerprint density at radius 2 is 2.39 bits per heavy atom. The zero-order valence-corrected chi connectivity index (χ0v) is 13.4. The second kappa shape index (κ2) is 8.19. The van der Waals surface area contributed by atoms with Gasteiger partial charge < -0.3 is 19.9 Å². The fourth-order valence-electron chi connectivity index (χ4n) is 2.28. The number of hydrogen-bond acceptors (Lipinski definition) is 6. The van der Waals surface area contributed by atoms with Gasteiger partial charge in [-0.25, -0.2) is 4.79 Å². The molecule has 2 heterocycles. The van der Waals surface area contributed by atoms with Crippen molar-refractivity contribution in [3.63, 3.8) is 0 Å². The number of carbonyl (C=O) groups excluding carboxylic acids is 1. The van der Waals surface area contributed by atoms with Crippen molar-refractivity contribution in [1.82, 2.24) is 9.55 Å². The lowest BCUT2D eigenvalue weighted by Crippen LogP contribution is -2.30. The molecule has 3 unspecified atom stereocenters. The lowest BCUT2D eigenvalue weighted by atomic mass is 10.0. The molecule has 128 valence electrons. The highest BCUT2D eigenvalue weighted by Crippen LogP contribution is 2.19. The molecule has 1 saturated heterocycles. The Bertz CT molecular complexity index is 589. The summed E-state index contributed by atoms with van der Waals surface area (Å²) in [6, 6.07) is 1.54. The van der Waals surface area contributed by atoms with Crippen LogP contribution in [0.4, 0.5) is 5.82 Å². The minimum Gasteiger partial charge on any atom is -0.391 e. The largest absolute Gasteiger partial charge is 0.391 e. The number of rotatable bonds is 7. The molecular weight excluding hydrogens is 302 g/mol. The first-order valence-electron chi connectivity index (χ1n) is 7.83. The number of carbonyl (C=O) groups is 1. The number of nitrogens with zero attached hydrogens (tertiary/aromatic N) is 2. The molecule has 0 aromatic carbocycles. The first-order valence-corrected chi connectivity index (χ1v) is 7.83. The molecule has 23 heavy (non-hydrogen) atoms. The molecule has 2 rings (SSSR count). The molecule has 1 fully saturated rings. The van der Waals surface area contributed by atoms with Gasteiger partial charge in [-0.05, 0) is 12.5 Å². The van der Waals surface area contributed by atoms with E-state index in [0.717, 1.165) is 19.3 Å². The third kappa shape index (κ3) is 4.60. The average Bonchev–Trinajstić information content (AvgIpc) is 3.01. The number of anilines is 1. The summed E-state index contributed by atoms with van der Waals surface area (Å²) >= 11 is 0. The van der Waals surface area contributed by atoms with Crippen LogP contribution in [0.15, 0.2) is 17.1 Å². The zero-order valence-electron chi connectivity index (χ0n) is 13.4. The second-order valence-corrected chi connectivity index (χ2v) is 5.57. The Balaban J connectivity index is 1.99. The van der Waals surface area contributed by atoms with Gasteiger partial charge in [-0.1, -0.05) is 26.7 Å². The van der Waals surface area contributed by atoms with E-state index < -0.39 is 18.2 Å². The van der Waals surface area contributed by atoms with Gasteiger partial charge in [0.25, 0.3) is 0 Å². The Morgan fingerprint density at radius 1 is 1.61 bits per heavy atom. The summed E-state index contributed by atoms with van der Waals surface area (Å²) in [7, 11) is 0. The van der Waals surface area contributed by atoms with Gasteiger partial charge in [-0.3, -0.25) is 9.36 Å². The molecule has 0 bridgehead atoms. The Morgan fingerprint density at radius 3 is 3.00 bits per heavy atom. The normalized spacial score (nSPS) is 22.0. The van der Waals surface area contributed by atoms with Crippen molar-refractivity contribution >= 4 is 11.7 Å². The summed E-state index contributed by atoms with van der Waals surface area (Å²) in [5.41, 5.74) is -0.545. The van der Waals surface area contributed by atoms with E-state index in [2.05, 4.69) is 17.2 Å². The van der Waals surface area contributed by atoms with Crippen molar-refractivity contribution in [1.29, 1.82) is 0 Å². The molecule has 1 aromatic rings. The van der Waals surface area contributed by atoms with E-state index in [1.165, 1.54) is 10.8 Å². The van der Waals surface area contributed by atoms with E-state index in [1.807, 2.05) is 6.92 Å². The van der Waals surface area contributed by atoms with Crippen molar-refractivity contribution in [2.24, 2.45) is 5.92 Å². The molecule has 8 heteroatoms. The van der Waals surface area contributed by atoms with Crippen LogP contribution in [0.3, 0.4) is 0 Å². The van der Waals surface area contributed by atoms with Gasteiger partial charge in [-0.15, -0.1) is 0 Å². The molecular formula is C15H23N3O5. The highest BCUT2D eigenvalue weighted by Gasteiger charge is 2.27. The highest BCUT2D eigenvalue weighted by molar-refractivity contribution is 5.91. The van der Waals surface area contributed by atoms with Gasteiger partial charge in [-0.2, -0.15) is 4.98 Å². The molecule has 1 aliphatic heterocycles. The third-order valence-electron chi connectivity index (χ3n) is 3.71. The second-order valence-electron chi connectivity index (χ2n) is 5.57. The molecule has 3 atom stereocenters. The van der Waals surface area contributed by atoms with Crippen molar-refractivity contribution in [2.45, 2.75) is 45.6 Å². The quantitative estimate of drug-likeness (QED) is 0.771. The lowest BCUT2D eigenvalue weighted by Gasteiger charge is -2.14. The number of aromatic nitrogens is 2. The van der Waals surface area contributed by atoms with Crippen LogP contribution in [-0.2, 0) is 14.3 Å². The SMILES string of the molecule is CCCCC(C)C(=O)Nc1ccn(C2COC(CO)O2)c(=O)n1. The van der Waals surface area contributed by atoms with Crippen LogP contribution in [0.1, 0.15) is 39.3 Å². The predicted molar refractivity (Wildman–Crippen MR) is 82.8 cm³/mol. The maximum Gasteiger partial charge on any atom is 0.351 e. The summed E-state index contributed by atoms with van der Waals surface area (Å²) in [6.45, 7) is 3.81. The molecule has 0 aliphatic carbocycles. The molecule has 2 N–H and O–H groups in total. The molecule has 1 amide bonds. The van der Waals surface area contributed by atoms with E-state index in [1.54, 1.807) is 6.07 Å². The van der Waals surface area contributed by atoms with E-state index in [0.29, 0.717) is 0 Å². The van der Waals surface area contributed by atoms with Crippen LogP contribution in [0, 0.1) is 5.92 Å². The van der Waals surface area contributed by atoms with Crippen LogP contribution < -0.4 is 11.0 Å². The third-order valence-corrected chi connectivity index (χ3v) is 3.71. The number of unbranched alkanes of at least 4 members (excludes halogenated alkanes) is 1. The van der Waals surface area contributed by atoms with Crippen molar-refractivity contribution in [3.8, 4) is 0 Å². The zero-order chi connectivity index (χ0) is 16.8. The van der Waals surface area contributed by atoms with Gasteiger partial charge in [0.15, 0.2) is 12.5 Å². The van der Waals surface area contributed by atoms with Gasteiger partial charge in [0.05, 0.1) is 13.2 Å². The topological polar surface area (TPSA) is 103 Å². The Labute approximate surface area is 134 Å². The average molecular weight is 325 g/mol. The summed E-state index contributed by atoms with van der Waals surface area (Å²) < 4.78 is 11.8. The number of aliphatic hydroxyl groups excluding tert-OH is 1. The van der Waals surface area contributed by atoms with Crippen LogP contribution >= 0.6 is 0 Å². The molecule has 0 radical (unpaired) electrons. The number of aliphatic hydroxyl groups is 1. The van der Waals surface area contributed by atoms with Crippen LogP contribution in [0.25, 0.3) is 0 Å². The summed E-state index contributed by atoms with van der Waals surface area (Å²) in [5, 5.41) is 11.6. The molecule has 1 aliphatic rings. The summed E-state index contributed by atoms with van der Waals surface area (Å²) in [5.74, 6) is -0.0582. The molecule has 0 spiro atoms. The summed E-state index contributed by atoms with van der Waals surface area (Å²) in [6.07, 6.45) is 2.95. The van der Waals surface area contributed by atoms with E-state index in [4.69, 9.17) is 14.6 Å². The molecule has 0 saturated carbocycles. The maximum atomic E-state index is 12.0. The van der Waals surface area contributed by atoms with Crippen molar-refractivity contribution < 1.29 is 19.4 Å². The van der Waals surface area contributed by atoms with E-state index in [9.17, 15) is 9.59 Å². The first kappa shape index (κ1) is 17.6. The van der Waals surface area contributed by atoms with Gasteiger partial charge in [0, 0.05) is 12.1 Å². The first-order chi connectivity index (χ1) is 11.0. The minimum absolute atomic E-state index is 0.129. The smallest absolute Gasteiger partial charge is 0.351 e. The van der Waals surface area contributed by atoms with Crippen LogP contribution in [-0.4, -0.2) is 40.1 Å². The predicted octanol–water partition coefficient (Wildman–Crippen LogP) is 0.872. The molecule has 8 nitrogen and oxygen atoms in total. The Hall–Kier alpha value is -1.77. The van der Waals surface area contributed by atoms with E-state index >= 15 is 0 Å². The standard InChI is InChI=1S/C15H23N3O5/c1-3-4-5-10(2)14(20)16-11-6-7-18(15(21)17-11)12-9-22-13(8-19)23-12/h6-7,10,12-13,19H,3-5,8-9H2,1-2H3,(H,16,17,20,21). The minimum atomic E-state index is -0.731. The number of amides is 1. The molecule has 1 aromatic heterocycles. The lowest BCUT2D eigenvalue weighted by molar-refractivity contribution is -0.119. The maximum absolute atomic E-state index is 12.0. The van der Waals surface area contributed by atoms with E-state index in [-0.39, 0.29) is 30.9 Å². The van der Waals surface area contributed by atoms with Crippen LogP contribution in [0.2, 0.25) is 0 Å².